The number of nitrogens with zero attached hydrogens (tertiary/aromatic N) is 6. The number of hydrogen-bond donors (Lipinski definition) is 4. The van der Waals surface area contributed by atoms with Crippen molar-refractivity contribution in [3.63, 3.8) is 0 Å². The molecule has 0 aliphatic carbocycles. The van der Waals surface area contributed by atoms with Crippen LogP contribution in [-0.2, 0) is 58.4 Å². The zero-order chi connectivity index (χ0) is 55.7. The normalized spacial score (nSPS) is 23.5. The van der Waals surface area contributed by atoms with Crippen molar-refractivity contribution in [2.75, 3.05) is 20.6 Å². The first kappa shape index (κ1) is 57.0. The molecule has 0 spiro atoms. The highest BCUT2D eigenvalue weighted by atomic mass is 16.2. The SMILES string of the molecule is C=CC(C)(C)n1cc(C[C@@H]2NC(=O)[C@H](Cc3ccccc3)NC(=O)[C@H](CC(C)C)N3CC/C=C\C[C@@H](C3=O)N(C)C(=O)[C@H](C)NC(=O)[C@H](Cc3ccc4ccnnc4c3)NC(=O)[C@H](CC(C)C)N(C)C2=O)c2ccccc21. The number of allylic oxidation sites excluding steroid dienone is 1. The number of rotatable bonds is 12. The molecule has 5 aromatic rings. The molecule has 408 valence electrons. The third-order valence-electron chi connectivity index (χ3n) is 14.9. The average Bonchev–Trinajstić information content (AvgIpc) is 3.84. The topological polar surface area (TPSA) is 208 Å². The minimum absolute atomic E-state index is 0.0137. The lowest BCUT2D eigenvalue weighted by Crippen LogP contribution is -2.61. The Morgan fingerprint density at radius 1 is 0.675 bits per heavy atom. The van der Waals surface area contributed by atoms with Crippen molar-refractivity contribution in [1.29, 1.82) is 0 Å². The van der Waals surface area contributed by atoms with Crippen molar-refractivity contribution >= 4 is 63.2 Å². The van der Waals surface area contributed by atoms with Gasteiger partial charge in [0.15, 0.2) is 0 Å². The number of carbonyl (C=O) groups is 7. The van der Waals surface area contributed by atoms with Crippen LogP contribution in [0.25, 0.3) is 21.8 Å². The molecule has 3 aromatic carbocycles. The second-order valence-electron chi connectivity index (χ2n) is 22.1. The van der Waals surface area contributed by atoms with Gasteiger partial charge in [0.1, 0.15) is 42.3 Å². The molecule has 1 saturated heterocycles. The Balaban J connectivity index is 1.38. The maximum absolute atomic E-state index is 15.6. The monoisotopic (exact) mass is 1050 g/mol. The quantitative estimate of drug-likeness (QED) is 0.111. The molecular formula is C60H76N10O7. The molecule has 2 bridgehead atoms. The van der Waals surface area contributed by atoms with Crippen LogP contribution in [0.4, 0.5) is 0 Å². The van der Waals surface area contributed by atoms with Gasteiger partial charge >= 0.3 is 0 Å². The van der Waals surface area contributed by atoms with Gasteiger partial charge in [-0.15, -0.1) is 6.58 Å². The standard InChI is InChI=1S/C60H76N10O7/c1-11-60(7,8)70-36-43(44-22-17-18-23-49(44)70)35-48-58(76)68(10)51(30-37(2)3)55(73)63-47(34-41-25-26-42-27-28-61-66-45(42)33-41)53(71)62-39(6)57(75)67(9)50-24-16-13-19-29-69(59(50)77)52(31-38(4)5)56(74)64-46(54(72)65-48)32-40-20-14-12-15-21-40/h11-18,20-23,25-28,33,36-39,46-48,50-52H,1,19,24,29-32,34-35H2,2-10H3,(H,62,71)(H,63,73)(H,64,74)(H,65,72)/b16-13-/t39-,46-,47-,48-,50-,51-,52-/m0/s1. The zero-order valence-corrected chi connectivity index (χ0v) is 46.0. The summed E-state index contributed by atoms with van der Waals surface area (Å²) in [6.45, 7) is 17.5. The summed E-state index contributed by atoms with van der Waals surface area (Å²) in [6, 6.07) is 16.0. The number of hydrogen-bond acceptors (Lipinski definition) is 9. The lowest BCUT2D eigenvalue weighted by molar-refractivity contribution is -0.150. The van der Waals surface area contributed by atoms with Crippen LogP contribution in [-0.4, -0.2) is 134 Å². The predicted octanol–water partition coefficient (Wildman–Crippen LogP) is 5.80. The number of amides is 7. The fourth-order valence-corrected chi connectivity index (χ4v) is 10.4. The summed E-state index contributed by atoms with van der Waals surface area (Å²) in [5, 5.41) is 21.8. The first-order valence-corrected chi connectivity index (χ1v) is 26.8. The van der Waals surface area contributed by atoms with Crippen LogP contribution >= 0.6 is 0 Å². The van der Waals surface area contributed by atoms with Crippen LogP contribution in [0, 0.1) is 11.8 Å². The lowest BCUT2D eigenvalue weighted by Gasteiger charge is -2.38. The van der Waals surface area contributed by atoms with Crippen LogP contribution in [0.5, 0.6) is 0 Å². The number of fused-ring (bicyclic) bond motifs is 4. The number of aromatic nitrogens is 3. The Kier molecular flexibility index (Phi) is 18.5. The maximum Gasteiger partial charge on any atom is 0.246 e. The van der Waals surface area contributed by atoms with Gasteiger partial charge in [-0.3, -0.25) is 33.6 Å². The molecule has 4 heterocycles. The van der Waals surface area contributed by atoms with Gasteiger partial charge in [-0.25, -0.2) is 0 Å². The van der Waals surface area contributed by atoms with E-state index in [0.29, 0.717) is 17.5 Å². The molecule has 7 atom stereocenters. The number of nitrogens with one attached hydrogen (secondary N) is 4. The van der Waals surface area contributed by atoms with Crippen LogP contribution in [0.1, 0.15) is 90.8 Å². The van der Waals surface area contributed by atoms with E-state index in [-0.39, 0.29) is 56.9 Å². The molecule has 0 radical (unpaired) electrons. The smallest absolute Gasteiger partial charge is 0.246 e. The second kappa shape index (κ2) is 25.0. The highest BCUT2D eigenvalue weighted by Gasteiger charge is 2.41. The van der Waals surface area contributed by atoms with Crippen LogP contribution in [0.2, 0.25) is 0 Å². The van der Waals surface area contributed by atoms with Gasteiger partial charge in [-0.2, -0.15) is 10.2 Å². The molecule has 77 heavy (non-hydrogen) atoms. The number of carbonyl (C=O) groups excluding carboxylic acids is 7. The summed E-state index contributed by atoms with van der Waals surface area (Å²) in [6.07, 6.45) is 10.1. The summed E-state index contributed by atoms with van der Waals surface area (Å²) in [7, 11) is 3.02. The molecule has 17 nitrogen and oxygen atoms in total. The van der Waals surface area contributed by atoms with E-state index < -0.39 is 89.2 Å². The van der Waals surface area contributed by atoms with Gasteiger partial charge in [0.25, 0.3) is 0 Å². The summed E-state index contributed by atoms with van der Waals surface area (Å²) in [5.74, 6) is -4.38. The Bertz CT molecular complexity index is 3000. The fourth-order valence-electron chi connectivity index (χ4n) is 10.4. The third-order valence-corrected chi connectivity index (χ3v) is 14.9. The van der Waals surface area contributed by atoms with Gasteiger partial charge in [0.2, 0.25) is 41.4 Å². The fraction of sp³-hybridized carbons (Fsp3) is 0.450. The average molecular weight is 1050 g/mol. The Labute approximate surface area is 452 Å². The lowest BCUT2D eigenvalue weighted by atomic mass is 9.97. The molecule has 7 amide bonds. The molecule has 0 unspecified atom stereocenters. The molecular weight excluding hydrogens is 973 g/mol. The summed E-state index contributed by atoms with van der Waals surface area (Å²) in [5.41, 5.74) is 3.01. The van der Waals surface area contributed by atoms with Crippen molar-refractivity contribution < 1.29 is 33.6 Å². The van der Waals surface area contributed by atoms with Crippen LogP contribution in [0.15, 0.2) is 116 Å². The number of para-hydroxylation sites is 1. The molecule has 2 aliphatic heterocycles. The first-order chi connectivity index (χ1) is 36.7. The van der Waals surface area contributed by atoms with Crippen LogP contribution in [0.3, 0.4) is 0 Å². The molecule has 2 aromatic heterocycles. The highest BCUT2D eigenvalue weighted by molar-refractivity contribution is 5.99. The van der Waals surface area contributed by atoms with E-state index in [2.05, 4.69) is 42.6 Å². The van der Waals surface area contributed by atoms with Crippen molar-refractivity contribution in [2.24, 2.45) is 11.8 Å². The molecule has 2 aliphatic rings. The van der Waals surface area contributed by atoms with Gasteiger partial charge in [0, 0.05) is 62.4 Å². The molecule has 0 saturated carbocycles. The zero-order valence-electron chi connectivity index (χ0n) is 46.0. The molecule has 7 rings (SSSR count). The second-order valence-corrected chi connectivity index (χ2v) is 22.1. The molecule has 4 N–H and O–H groups in total. The van der Waals surface area contributed by atoms with Gasteiger partial charge in [-0.05, 0) is 93.2 Å². The largest absolute Gasteiger partial charge is 0.343 e. The van der Waals surface area contributed by atoms with Gasteiger partial charge in [0.05, 0.1) is 17.3 Å². The summed E-state index contributed by atoms with van der Waals surface area (Å²) in [4.78, 5) is 109. The third kappa shape index (κ3) is 13.7. The Hall–Kier alpha value is -7.69. The predicted molar refractivity (Wildman–Crippen MR) is 298 cm³/mol. The molecule has 1 fully saturated rings. The van der Waals surface area contributed by atoms with E-state index in [1.807, 2.05) is 139 Å². The van der Waals surface area contributed by atoms with Crippen LogP contribution < -0.4 is 21.3 Å². The Morgan fingerprint density at radius 2 is 1.30 bits per heavy atom. The van der Waals surface area contributed by atoms with E-state index in [1.165, 1.54) is 35.7 Å². The Morgan fingerprint density at radius 3 is 1.99 bits per heavy atom. The maximum atomic E-state index is 15.6. The number of likely N-dealkylation sites (N-methyl/N-ethyl adjacent to an activating group) is 2. The van der Waals surface area contributed by atoms with E-state index in [0.717, 1.165) is 27.4 Å². The highest BCUT2D eigenvalue weighted by Crippen LogP contribution is 2.30. The van der Waals surface area contributed by atoms with Crippen molar-refractivity contribution in [3.05, 3.63) is 133 Å². The first-order valence-electron chi connectivity index (χ1n) is 26.8. The van der Waals surface area contributed by atoms with E-state index in [9.17, 15) is 9.59 Å². The van der Waals surface area contributed by atoms with Crippen molar-refractivity contribution in [3.8, 4) is 0 Å². The molecule has 17 heteroatoms. The number of benzene rings is 3. The van der Waals surface area contributed by atoms with E-state index >= 15 is 24.0 Å². The van der Waals surface area contributed by atoms with E-state index in [1.54, 1.807) is 12.3 Å². The van der Waals surface area contributed by atoms with Gasteiger partial charge in [-0.1, -0.05) is 107 Å². The summed E-state index contributed by atoms with van der Waals surface area (Å²) >= 11 is 0. The summed E-state index contributed by atoms with van der Waals surface area (Å²) < 4.78 is 2.07. The minimum atomic E-state index is -1.29. The van der Waals surface area contributed by atoms with Crippen molar-refractivity contribution in [2.45, 2.75) is 141 Å². The van der Waals surface area contributed by atoms with E-state index in [4.69, 9.17) is 0 Å². The van der Waals surface area contributed by atoms with Crippen molar-refractivity contribution in [1.82, 2.24) is 50.7 Å². The van der Waals surface area contributed by atoms with Gasteiger partial charge < -0.3 is 40.5 Å². The minimum Gasteiger partial charge on any atom is -0.343 e.